The van der Waals surface area contributed by atoms with E-state index in [0.717, 1.165) is 30.3 Å². The standard InChI is InChI=1S/C31H29N3O4/c1-22-10-11-27(25(18-22)31(35)23-8-4-3-5-9-23)38-28-12-13-33-26-20-30(29(36-2)19-24(26)28)37-17-7-6-15-34-16-14-32-21-34/h3-5,8-14,16,18-21H,6-7,15,17H2,1-2H3. The van der Waals surface area contributed by atoms with Gasteiger partial charge in [0.1, 0.15) is 11.5 Å². The van der Waals surface area contributed by atoms with Gasteiger partial charge in [0.15, 0.2) is 17.3 Å². The highest BCUT2D eigenvalue weighted by Crippen LogP contribution is 2.38. The average Bonchev–Trinajstić information content (AvgIpc) is 3.47. The number of benzene rings is 3. The summed E-state index contributed by atoms with van der Waals surface area (Å²) in [5, 5.41) is 0.760. The van der Waals surface area contributed by atoms with Crippen LogP contribution in [0.25, 0.3) is 10.9 Å². The number of pyridine rings is 1. The second kappa shape index (κ2) is 11.6. The van der Waals surface area contributed by atoms with Gasteiger partial charge in [0.05, 0.1) is 31.1 Å². The average molecular weight is 508 g/mol. The van der Waals surface area contributed by atoms with Crippen molar-refractivity contribution in [3.63, 3.8) is 0 Å². The zero-order valence-electron chi connectivity index (χ0n) is 21.5. The Bertz CT molecular complexity index is 1530. The van der Waals surface area contributed by atoms with E-state index in [1.165, 1.54) is 0 Å². The van der Waals surface area contributed by atoms with Gasteiger partial charge in [-0.2, -0.15) is 0 Å². The van der Waals surface area contributed by atoms with Gasteiger partial charge in [-0.3, -0.25) is 9.78 Å². The van der Waals surface area contributed by atoms with Crippen LogP contribution in [0.5, 0.6) is 23.0 Å². The number of nitrogens with zero attached hydrogens (tertiary/aromatic N) is 3. The molecule has 2 heterocycles. The third-order valence-corrected chi connectivity index (χ3v) is 6.25. The van der Waals surface area contributed by atoms with E-state index in [1.807, 2.05) is 68.0 Å². The first-order valence-electron chi connectivity index (χ1n) is 12.6. The number of carbonyl (C=O) groups is 1. The highest BCUT2D eigenvalue weighted by atomic mass is 16.5. The molecule has 0 saturated heterocycles. The second-order valence-electron chi connectivity index (χ2n) is 8.98. The van der Waals surface area contributed by atoms with E-state index >= 15 is 0 Å². The topological polar surface area (TPSA) is 75.5 Å². The molecule has 5 aromatic rings. The molecule has 5 rings (SSSR count). The summed E-state index contributed by atoms with van der Waals surface area (Å²) in [4.78, 5) is 21.9. The predicted octanol–water partition coefficient (Wildman–Crippen LogP) is 6.63. The quantitative estimate of drug-likeness (QED) is 0.148. The highest BCUT2D eigenvalue weighted by Gasteiger charge is 2.18. The molecule has 0 atom stereocenters. The summed E-state index contributed by atoms with van der Waals surface area (Å²) >= 11 is 0. The van der Waals surface area contributed by atoms with Gasteiger partial charge in [-0.1, -0.05) is 42.0 Å². The van der Waals surface area contributed by atoms with Crippen molar-refractivity contribution >= 4 is 16.7 Å². The summed E-state index contributed by atoms with van der Waals surface area (Å²) in [5.74, 6) is 2.18. The molecule has 3 aromatic carbocycles. The Labute approximate surface area is 221 Å². The van der Waals surface area contributed by atoms with Gasteiger partial charge < -0.3 is 18.8 Å². The van der Waals surface area contributed by atoms with Crippen LogP contribution in [0, 0.1) is 6.92 Å². The molecule has 0 radical (unpaired) electrons. The molecule has 2 aromatic heterocycles. The van der Waals surface area contributed by atoms with Crippen LogP contribution in [0.4, 0.5) is 0 Å². The molecule has 0 saturated carbocycles. The van der Waals surface area contributed by atoms with Gasteiger partial charge in [0, 0.05) is 42.2 Å². The SMILES string of the molecule is COc1cc2c(Oc3ccc(C)cc3C(=O)c3ccccc3)ccnc2cc1OCCCCn1ccnc1. The first kappa shape index (κ1) is 25.0. The fourth-order valence-electron chi connectivity index (χ4n) is 4.26. The molecule has 0 unspecified atom stereocenters. The van der Waals surface area contributed by atoms with Crippen molar-refractivity contribution in [3.05, 3.63) is 108 Å². The molecular formula is C31H29N3O4. The predicted molar refractivity (Wildman–Crippen MR) is 146 cm³/mol. The molecule has 0 spiro atoms. The molecule has 0 amide bonds. The number of ketones is 1. The van der Waals surface area contributed by atoms with Crippen LogP contribution in [0.3, 0.4) is 0 Å². The van der Waals surface area contributed by atoms with Crippen LogP contribution in [0.15, 0.2) is 91.6 Å². The van der Waals surface area contributed by atoms with E-state index in [4.69, 9.17) is 14.2 Å². The van der Waals surface area contributed by atoms with Crippen molar-refractivity contribution in [2.45, 2.75) is 26.3 Å². The number of carbonyl (C=O) groups excluding carboxylic acids is 1. The van der Waals surface area contributed by atoms with Gasteiger partial charge >= 0.3 is 0 Å². The summed E-state index contributed by atoms with van der Waals surface area (Å²) in [6.07, 6.45) is 9.10. The summed E-state index contributed by atoms with van der Waals surface area (Å²) in [7, 11) is 1.61. The Kier molecular flexibility index (Phi) is 7.64. The van der Waals surface area contributed by atoms with Crippen molar-refractivity contribution < 1.29 is 19.0 Å². The number of rotatable bonds is 11. The number of fused-ring (bicyclic) bond motifs is 1. The van der Waals surface area contributed by atoms with Crippen LogP contribution < -0.4 is 14.2 Å². The van der Waals surface area contributed by atoms with E-state index < -0.39 is 0 Å². The second-order valence-corrected chi connectivity index (χ2v) is 8.98. The summed E-state index contributed by atoms with van der Waals surface area (Å²) in [6.45, 7) is 3.41. The third-order valence-electron chi connectivity index (χ3n) is 6.25. The number of aromatic nitrogens is 3. The lowest BCUT2D eigenvalue weighted by Crippen LogP contribution is -2.04. The fraction of sp³-hybridized carbons (Fsp3) is 0.194. The normalized spacial score (nSPS) is 10.9. The minimum absolute atomic E-state index is 0.0935. The maximum Gasteiger partial charge on any atom is 0.196 e. The van der Waals surface area contributed by atoms with Gasteiger partial charge in [0.25, 0.3) is 0 Å². The van der Waals surface area contributed by atoms with Crippen LogP contribution in [0.2, 0.25) is 0 Å². The molecule has 192 valence electrons. The van der Waals surface area contributed by atoms with Crippen molar-refractivity contribution in [2.24, 2.45) is 0 Å². The first-order valence-corrected chi connectivity index (χ1v) is 12.6. The van der Waals surface area contributed by atoms with E-state index in [0.29, 0.717) is 46.2 Å². The van der Waals surface area contributed by atoms with Gasteiger partial charge in [0.2, 0.25) is 0 Å². The van der Waals surface area contributed by atoms with Gasteiger partial charge in [-0.25, -0.2) is 4.98 Å². The molecule has 0 N–H and O–H groups in total. The Morgan fingerprint density at radius 3 is 2.55 bits per heavy atom. The lowest BCUT2D eigenvalue weighted by atomic mass is 10.0. The van der Waals surface area contributed by atoms with E-state index in [9.17, 15) is 4.79 Å². The van der Waals surface area contributed by atoms with Crippen molar-refractivity contribution in [1.29, 1.82) is 0 Å². The Morgan fingerprint density at radius 2 is 1.76 bits per heavy atom. The van der Waals surface area contributed by atoms with Crippen LogP contribution in [0.1, 0.15) is 34.3 Å². The first-order chi connectivity index (χ1) is 18.6. The van der Waals surface area contributed by atoms with Gasteiger partial charge in [-0.15, -0.1) is 0 Å². The summed E-state index contributed by atoms with van der Waals surface area (Å²) in [5.41, 5.74) is 2.80. The molecular weight excluding hydrogens is 478 g/mol. The Morgan fingerprint density at radius 1 is 0.895 bits per heavy atom. The molecule has 0 aliphatic heterocycles. The minimum Gasteiger partial charge on any atom is -0.493 e. The monoisotopic (exact) mass is 507 g/mol. The molecule has 0 aliphatic carbocycles. The van der Waals surface area contributed by atoms with Crippen molar-refractivity contribution in [1.82, 2.24) is 14.5 Å². The number of unbranched alkanes of at least 4 members (excludes halogenated alkanes) is 1. The number of methoxy groups -OCH3 is 1. The number of hydrogen-bond donors (Lipinski definition) is 0. The van der Waals surface area contributed by atoms with Crippen molar-refractivity contribution in [2.75, 3.05) is 13.7 Å². The maximum atomic E-state index is 13.3. The molecule has 7 nitrogen and oxygen atoms in total. The van der Waals surface area contributed by atoms with Gasteiger partial charge in [-0.05, 0) is 44.0 Å². The summed E-state index contributed by atoms with van der Waals surface area (Å²) in [6, 6.07) is 20.3. The fourth-order valence-corrected chi connectivity index (χ4v) is 4.26. The zero-order chi connectivity index (χ0) is 26.3. The molecule has 0 aliphatic rings. The minimum atomic E-state index is -0.0935. The highest BCUT2D eigenvalue weighted by molar-refractivity contribution is 6.11. The Hall–Kier alpha value is -4.65. The maximum absolute atomic E-state index is 13.3. The van der Waals surface area contributed by atoms with Crippen LogP contribution in [-0.2, 0) is 6.54 Å². The number of imidazole rings is 1. The van der Waals surface area contributed by atoms with Crippen LogP contribution in [-0.4, -0.2) is 34.0 Å². The van der Waals surface area contributed by atoms with E-state index in [1.54, 1.807) is 37.7 Å². The lowest BCUT2D eigenvalue weighted by Gasteiger charge is -2.15. The molecule has 38 heavy (non-hydrogen) atoms. The molecule has 0 fully saturated rings. The number of hydrogen-bond acceptors (Lipinski definition) is 6. The molecule has 7 heteroatoms. The zero-order valence-corrected chi connectivity index (χ0v) is 21.5. The smallest absolute Gasteiger partial charge is 0.196 e. The third kappa shape index (κ3) is 5.67. The van der Waals surface area contributed by atoms with E-state index in [-0.39, 0.29) is 5.78 Å². The number of aryl methyl sites for hydroxylation is 2. The Balaban J connectivity index is 1.37. The van der Waals surface area contributed by atoms with Crippen molar-refractivity contribution in [3.8, 4) is 23.0 Å². The van der Waals surface area contributed by atoms with Crippen LogP contribution >= 0.6 is 0 Å². The van der Waals surface area contributed by atoms with E-state index in [2.05, 4.69) is 14.5 Å². The largest absolute Gasteiger partial charge is 0.493 e. The summed E-state index contributed by atoms with van der Waals surface area (Å²) < 4.78 is 20.1. The molecule has 0 bridgehead atoms. The lowest BCUT2D eigenvalue weighted by molar-refractivity contribution is 0.103. The number of ether oxygens (including phenoxy) is 3.